The summed E-state index contributed by atoms with van der Waals surface area (Å²) in [5.41, 5.74) is 0. The number of hydrogen-bond donors (Lipinski definition) is 3. The summed E-state index contributed by atoms with van der Waals surface area (Å²) in [6.45, 7) is -0.0182. The Morgan fingerprint density at radius 3 is 2.67 bits per heavy atom. The SMILES string of the molecule is O=C(O)[C@@H]1C[C@H](O)CN1C(=O)Nc1ncccn1. The van der Waals surface area contributed by atoms with Crippen molar-refractivity contribution in [3.63, 3.8) is 0 Å². The number of carboxylic acids is 1. The van der Waals surface area contributed by atoms with Crippen LogP contribution in [0.1, 0.15) is 6.42 Å². The monoisotopic (exact) mass is 252 g/mol. The van der Waals surface area contributed by atoms with Crippen LogP contribution >= 0.6 is 0 Å². The van der Waals surface area contributed by atoms with E-state index in [1.165, 1.54) is 12.4 Å². The number of nitrogens with one attached hydrogen (secondary N) is 1. The first-order chi connectivity index (χ1) is 8.58. The summed E-state index contributed by atoms with van der Waals surface area (Å²) in [6, 6.07) is -0.0659. The zero-order valence-electron chi connectivity index (χ0n) is 9.35. The molecule has 0 saturated carbocycles. The van der Waals surface area contributed by atoms with Crippen molar-refractivity contribution < 1.29 is 19.8 Å². The lowest BCUT2D eigenvalue weighted by atomic mass is 10.2. The van der Waals surface area contributed by atoms with Gasteiger partial charge in [0.25, 0.3) is 0 Å². The van der Waals surface area contributed by atoms with Crippen LogP contribution in [0.5, 0.6) is 0 Å². The van der Waals surface area contributed by atoms with Crippen LogP contribution in [0.15, 0.2) is 18.5 Å². The van der Waals surface area contributed by atoms with E-state index in [9.17, 15) is 14.7 Å². The largest absolute Gasteiger partial charge is 0.480 e. The lowest BCUT2D eigenvalue weighted by Crippen LogP contribution is -2.43. The Hall–Kier alpha value is -2.22. The standard InChI is InChI=1S/C10H12N4O4/c15-6-4-7(8(16)17)14(5-6)10(18)13-9-11-2-1-3-12-9/h1-3,6-7,15H,4-5H2,(H,16,17)(H,11,12,13,18)/t6-,7-/m0/s1. The topological polar surface area (TPSA) is 116 Å². The Kier molecular flexibility index (Phi) is 3.38. The second-order valence-electron chi connectivity index (χ2n) is 3.90. The van der Waals surface area contributed by atoms with E-state index in [2.05, 4.69) is 15.3 Å². The van der Waals surface area contributed by atoms with Gasteiger partial charge >= 0.3 is 12.0 Å². The first-order valence-electron chi connectivity index (χ1n) is 5.33. The number of urea groups is 1. The van der Waals surface area contributed by atoms with Gasteiger partial charge in [-0.3, -0.25) is 5.32 Å². The molecule has 96 valence electrons. The molecule has 0 spiro atoms. The van der Waals surface area contributed by atoms with Crippen LogP contribution in [-0.2, 0) is 4.79 Å². The summed E-state index contributed by atoms with van der Waals surface area (Å²) in [7, 11) is 0. The number of anilines is 1. The molecule has 2 atom stereocenters. The molecule has 0 unspecified atom stereocenters. The maximum atomic E-state index is 11.8. The number of β-amino-alcohol motifs (C(OH)–C–C–N with tert-alkyl or cyclic N) is 1. The van der Waals surface area contributed by atoms with Gasteiger partial charge < -0.3 is 15.1 Å². The van der Waals surface area contributed by atoms with E-state index in [0.717, 1.165) is 4.90 Å². The van der Waals surface area contributed by atoms with Gasteiger partial charge in [-0.25, -0.2) is 19.6 Å². The van der Waals surface area contributed by atoms with Crippen LogP contribution in [0, 0.1) is 0 Å². The first kappa shape index (κ1) is 12.2. The van der Waals surface area contributed by atoms with Crippen LogP contribution < -0.4 is 5.32 Å². The van der Waals surface area contributed by atoms with Crippen LogP contribution in [0.4, 0.5) is 10.7 Å². The zero-order chi connectivity index (χ0) is 13.1. The third-order valence-corrected chi connectivity index (χ3v) is 2.61. The normalized spacial score (nSPS) is 22.8. The Balaban J connectivity index is 2.06. The number of nitrogens with zero attached hydrogens (tertiary/aromatic N) is 3. The van der Waals surface area contributed by atoms with E-state index >= 15 is 0 Å². The van der Waals surface area contributed by atoms with Crippen molar-refractivity contribution in [3.8, 4) is 0 Å². The highest BCUT2D eigenvalue weighted by Crippen LogP contribution is 2.18. The third kappa shape index (κ3) is 2.54. The smallest absolute Gasteiger partial charge is 0.326 e. The molecule has 0 aromatic carbocycles. The summed E-state index contributed by atoms with van der Waals surface area (Å²) in [5, 5.41) is 20.7. The maximum Gasteiger partial charge on any atom is 0.326 e. The van der Waals surface area contributed by atoms with Crippen LogP contribution in [0.2, 0.25) is 0 Å². The van der Waals surface area contributed by atoms with Gasteiger partial charge in [0.2, 0.25) is 5.95 Å². The van der Waals surface area contributed by atoms with Crippen molar-refractivity contribution in [2.45, 2.75) is 18.6 Å². The highest BCUT2D eigenvalue weighted by Gasteiger charge is 2.39. The van der Waals surface area contributed by atoms with Crippen molar-refractivity contribution in [2.24, 2.45) is 0 Å². The number of likely N-dealkylation sites (tertiary alicyclic amines) is 1. The van der Waals surface area contributed by atoms with E-state index in [-0.39, 0.29) is 18.9 Å². The van der Waals surface area contributed by atoms with Gasteiger partial charge in [-0.15, -0.1) is 0 Å². The molecular weight excluding hydrogens is 240 g/mol. The van der Waals surface area contributed by atoms with E-state index < -0.39 is 24.1 Å². The Morgan fingerprint density at radius 1 is 1.39 bits per heavy atom. The predicted octanol–water partition coefficient (Wildman–Crippen LogP) is -0.472. The highest BCUT2D eigenvalue weighted by atomic mass is 16.4. The summed E-state index contributed by atoms with van der Waals surface area (Å²) in [6.07, 6.45) is 2.11. The fraction of sp³-hybridized carbons (Fsp3) is 0.400. The molecule has 1 aromatic heterocycles. The highest BCUT2D eigenvalue weighted by molar-refractivity contribution is 5.91. The number of carbonyl (C=O) groups is 2. The van der Waals surface area contributed by atoms with Gasteiger partial charge in [0, 0.05) is 25.4 Å². The molecule has 1 saturated heterocycles. The number of amides is 2. The van der Waals surface area contributed by atoms with Crippen LogP contribution in [0.3, 0.4) is 0 Å². The number of carbonyl (C=O) groups excluding carboxylic acids is 1. The van der Waals surface area contributed by atoms with Crippen molar-refractivity contribution >= 4 is 17.9 Å². The van der Waals surface area contributed by atoms with E-state index in [1.54, 1.807) is 6.07 Å². The summed E-state index contributed by atoms with van der Waals surface area (Å²) >= 11 is 0. The molecule has 18 heavy (non-hydrogen) atoms. The van der Waals surface area contributed by atoms with Crippen LogP contribution in [-0.4, -0.2) is 55.8 Å². The van der Waals surface area contributed by atoms with Gasteiger partial charge in [0.1, 0.15) is 6.04 Å². The molecule has 1 fully saturated rings. The van der Waals surface area contributed by atoms with E-state index in [4.69, 9.17) is 5.11 Å². The van der Waals surface area contributed by atoms with Crippen molar-refractivity contribution in [1.82, 2.24) is 14.9 Å². The Morgan fingerprint density at radius 2 is 2.06 bits per heavy atom. The number of hydrogen-bond acceptors (Lipinski definition) is 5. The fourth-order valence-electron chi connectivity index (χ4n) is 1.80. The van der Waals surface area contributed by atoms with Gasteiger partial charge in [-0.1, -0.05) is 0 Å². The van der Waals surface area contributed by atoms with Crippen molar-refractivity contribution in [2.75, 3.05) is 11.9 Å². The molecule has 0 aliphatic carbocycles. The molecule has 2 heterocycles. The minimum Gasteiger partial charge on any atom is -0.480 e. The second-order valence-corrected chi connectivity index (χ2v) is 3.90. The average Bonchev–Trinajstić information content (AvgIpc) is 2.73. The number of rotatable bonds is 2. The molecule has 2 rings (SSSR count). The molecule has 3 N–H and O–H groups in total. The lowest BCUT2D eigenvalue weighted by Gasteiger charge is -2.20. The second kappa shape index (κ2) is 4.96. The van der Waals surface area contributed by atoms with E-state index in [1.807, 2.05) is 0 Å². The minimum atomic E-state index is -1.14. The number of carboxylic acid groups (broad SMARTS) is 1. The zero-order valence-corrected chi connectivity index (χ0v) is 9.35. The Bertz CT molecular complexity index is 452. The van der Waals surface area contributed by atoms with E-state index in [0.29, 0.717) is 0 Å². The van der Waals surface area contributed by atoms with Crippen molar-refractivity contribution in [1.29, 1.82) is 0 Å². The van der Waals surface area contributed by atoms with Gasteiger partial charge in [0.15, 0.2) is 0 Å². The van der Waals surface area contributed by atoms with Gasteiger partial charge in [0.05, 0.1) is 6.10 Å². The molecule has 8 heteroatoms. The Labute approximate surface area is 102 Å². The molecular formula is C10H12N4O4. The fourth-order valence-corrected chi connectivity index (χ4v) is 1.80. The third-order valence-electron chi connectivity index (χ3n) is 2.61. The first-order valence-corrected chi connectivity index (χ1v) is 5.33. The van der Waals surface area contributed by atoms with Gasteiger partial charge in [-0.05, 0) is 6.07 Å². The number of aromatic nitrogens is 2. The average molecular weight is 252 g/mol. The summed E-state index contributed by atoms with van der Waals surface area (Å²) < 4.78 is 0. The molecule has 1 aromatic rings. The molecule has 1 aliphatic heterocycles. The quantitative estimate of drug-likeness (QED) is 0.655. The van der Waals surface area contributed by atoms with Crippen LogP contribution in [0.25, 0.3) is 0 Å². The maximum absolute atomic E-state index is 11.8. The van der Waals surface area contributed by atoms with Gasteiger partial charge in [-0.2, -0.15) is 0 Å². The van der Waals surface area contributed by atoms with Crippen molar-refractivity contribution in [3.05, 3.63) is 18.5 Å². The predicted molar refractivity (Wildman–Crippen MR) is 59.8 cm³/mol. The molecule has 2 amide bonds. The number of aliphatic hydroxyl groups excluding tert-OH is 1. The minimum absolute atomic E-state index is 0.0182. The summed E-state index contributed by atoms with van der Waals surface area (Å²) in [5.74, 6) is -1.05. The molecule has 8 nitrogen and oxygen atoms in total. The molecule has 0 radical (unpaired) electrons. The molecule has 0 bridgehead atoms. The number of aliphatic hydroxyl groups is 1. The molecule has 1 aliphatic rings. The lowest BCUT2D eigenvalue weighted by molar-refractivity contribution is -0.141. The number of aliphatic carboxylic acids is 1. The summed E-state index contributed by atoms with van der Waals surface area (Å²) in [4.78, 5) is 31.4.